The number of carbonyl (C=O) groups is 2. The van der Waals surface area contributed by atoms with E-state index in [0.29, 0.717) is 23.1 Å². The highest BCUT2D eigenvalue weighted by molar-refractivity contribution is 6.73. The fraction of sp³-hybridized carbons (Fsp3) is 0.657. The Hall–Kier alpha value is -2.34. The first-order valence-electron chi connectivity index (χ1n) is 16.3. The summed E-state index contributed by atoms with van der Waals surface area (Å²) in [6.07, 6.45) is -5.94. The molecule has 2 saturated carbocycles. The van der Waals surface area contributed by atoms with Gasteiger partial charge in [0.2, 0.25) is 0 Å². The van der Waals surface area contributed by atoms with Gasteiger partial charge in [-0.25, -0.2) is 4.79 Å². The van der Waals surface area contributed by atoms with Crippen LogP contribution in [0.25, 0.3) is 0 Å². The van der Waals surface area contributed by atoms with Crippen LogP contribution in [0.1, 0.15) is 71.7 Å². The Morgan fingerprint density at radius 1 is 1.07 bits per heavy atom. The Bertz CT molecular complexity index is 1350. The molecule has 0 amide bonds. The molecule has 3 aliphatic carbocycles. The summed E-state index contributed by atoms with van der Waals surface area (Å²) < 4.78 is 25.8. The number of esters is 2. The Morgan fingerprint density at radius 3 is 2.20 bits per heavy atom. The highest BCUT2D eigenvalue weighted by Crippen LogP contribution is 2.67. The summed E-state index contributed by atoms with van der Waals surface area (Å²) in [7, 11) is -2.17. The van der Waals surface area contributed by atoms with E-state index in [-0.39, 0.29) is 13.0 Å². The molecule has 9 nitrogen and oxygen atoms in total. The number of hydrogen-bond donors (Lipinski definition) is 3. The van der Waals surface area contributed by atoms with Crippen molar-refractivity contribution in [2.24, 2.45) is 16.7 Å². The summed E-state index contributed by atoms with van der Waals surface area (Å²) in [5.41, 5.74) is -1.79. The number of fused-ring (bicyclic) bond motifs is 4. The number of benzene rings is 1. The molecular weight excluding hydrogens is 592 g/mol. The van der Waals surface area contributed by atoms with E-state index in [1.807, 2.05) is 13.8 Å². The summed E-state index contributed by atoms with van der Waals surface area (Å²) in [6, 6.07) is 11.4. The van der Waals surface area contributed by atoms with Crippen LogP contribution in [0.2, 0.25) is 18.1 Å². The lowest BCUT2D eigenvalue weighted by Gasteiger charge is -2.64. The largest absolute Gasteiger partial charge is 0.457 e. The zero-order chi connectivity index (χ0) is 33.1. The van der Waals surface area contributed by atoms with Gasteiger partial charge in [0.25, 0.3) is 0 Å². The van der Waals surface area contributed by atoms with E-state index in [1.165, 1.54) is 6.92 Å². The minimum atomic E-state index is -2.17. The van der Waals surface area contributed by atoms with E-state index in [9.17, 15) is 24.9 Å². The summed E-state index contributed by atoms with van der Waals surface area (Å²) in [5.74, 6) is -2.13. The Kier molecular flexibility index (Phi) is 9.09. The number of carbonyl (C=O) groups excluding carboxylic acids is 2. The second kappa shape index (κ2) is 12.0. The number of rotatable bonds is 9. The molecule has 248 valence electrons. The van der Waals surface area contributed by atoms with Crippen LogP contribution >= 0.6 is 0 Å². The van der Waals surface area contributed by atoms with Crippen LogP contribution in [0.4, 0.5) is 0 Å². The predicted molar refractivity (Wildman–Crippen MR) is 171 cm³/mol. The zero-order valence-electron chi connectivity index (χ0n) is 27.7. The van der Waals surface area contributed by atoms with E-state index >= 15 is 0 Å². The van der Waals surface area contributed by atoms with Crippen molar-refractivity contribution in [3.63, 3.8) is 0 Å². The molecule has 1 aromatic carbocycles. The predicted octanol–water partition coefficient (Wildman–Crippen LogP) is 4.71. The van der Waals surface area contributed by atoms with Gasteiger partial charge in [-0.05, 0) is 61.7 Å². The van der Waals surface area contributed by atoms with Gasteiger partial charge < -0.3 is 34.0 Å². The zero-order valence-corrected chi connectivity index (χ0v) is 28.7. The third-order valence-electron chi connectivity index (χ3n) is 12.0. The van der Waals surface area contributed by atoms with E-state index in [0.717, 1.165) is 23.7 Å². The Morgan fingerprint density at radius 2 is 1.69 bits per heavy atom. The normalized spacial score (nSPS) is 39.1. The van der Waals surface area contributed by atoms with Gasteiger partial charge in [0.05, 0.1) is 41.8 Å². The molecule has 0 aromatic heterocycles. The summed E-state index contributed by atoms with van der Waals surface area (Å²) in [4.78, 5) is 26.8. The van der Waals surface area contributed by atoms with E-state index in [2.05, 4.69) is 27.4 Å². The van der Waals surface area contributed by atoms with E-state index in [4.69, 9.17) is 18.6 Å². The summed E-state index contributed by atoms with van der Waals surface area (Å²) in [5, 5.41) is 36.2. The highest BCUT2D eigenvalue weighted by Gasteiger charge is 2.77. The Labute approximate surface area is 267 Å². The lowest BCUT2D eigenvalue weighted by Crippen LogP contribution is -2.78. The lowest BCUT2D eigenvalue weighted by molar-refractivity contribution is -0.347. The van der Waals surface area contributed by atoms with E-state index in [1.54, 1.807) is 37.3 Å². The van der Waals surface area contributed by atoms with Crippen molar-refractivity contribution >= 4 is 20.3 Å². The first-order valence-corrected chi connectivity index (χ1v) is 18.9. The van der Waals surface area contributed by atoms with Crippen LogP contribution in [0.3, 0.4) is 0 Å². The van der Waals surface area contributed by atoms with Gasteiger partial charge in [-0.1, -0.05) is 58.0 Å². The fourth-order valence-corrected chi connectivity index (χ4v) is 12.0. The molecule has 1 heterocycles. The van der Waals surface area contributed by atoms with Gasteiger partial charge in [-0.2, -0.15) is 0 Å². The maximum atomic E-state index is 14.0. The van der Waals surface area contributed by atoms with Crippen LogP contribution in [-0.2, 0) is 23.4 Å². The van der Waals surface area contributed by atoms with Crippen LogP contribution in [0, 0.1) is 16.7 Å². The molecular formula is C35H50O9Si. The molecule has 5 rings (SSSR count). The second-order valence-electron chi connectivity index (χ2n) is 13.9. The molecule has 4 aliphatic rings. The number of aliphatic hydroxyl groups is 3. The molecule has 0 bridgehead atoms. The summed E-state index contributed by atoms with van der Waals surface area (Å²) >= 11 is 0. The minimum absolute atomic E-state index is 0.00577. The summed E-state index contributed by atoms with van der Waals surface area (Å²) in [6.45, 7) is 17.7. The SMILES string of the molecule is C=C(C)[C@@]12C[C@H](O[Si](CC)(CC)CC)C(C)=C1[C@H](O)[C@H](O)[C@]1(C)[C@H](O)C[C@H]3OC[C@@]3(OC(C)=O)[C@H]1[C@@H]2OC(=O)c1ccccc1. The van der Waals surface area contributed by atoms with Crippen molar-refractivity contribution < 1.29 is 43.5 Å². The van der Waals surface area contributed by atoms with Crippen molar-refractivity contribution in [1.82, 2.24) is 0 Å². The second-order valence-corrected chi connectivity index (χ2v) is 18.7. The average Bonchev–Trinajstić information content (AvgIpc) is 3.28. The standard InChI is InChI=1S/C35H50O9Si/c1-9-45(10-2,11-3)44-24-18-34(20(4)5)27(21(24)6)28(38)30(39)33(8)25(37)17-26-35(19-41-26,43-22(7)36)29(33)31(34)42-32(40)23-15-13-12-14-16-23/h12-16,24-26,28-31,37-39H,4,9-11,17-19H2,1-3,5-8H3/t24-,25+,26+,28-,29-,30-,31-,33+,34-,35-/m0/s1. The first-order chi connectivity index (χ1) is 21.2. The maximum absolute atomic E-state index is 14.0. The van der Waals surface area contributed by atoms with Gasteiger partial charge >= 0.3 is 11.9 Å². The molecule has 3 N–H and O–H groups in total. The topological polar surface area (TPSA) is 132 Å². The van der Waals surface area contributed by atoms with Crippen LogP contribution in [0.5, 0.6) is 0 Å². The molecule has 0 spiro atoms. The number of hydrogen-bond acceptors (Lipinski definition) is 9. The Balaban J connectivity index is 1.79. The van der Waals surface area contributed by atoms with Gasteiger partial charge in [0.15, 0.2) is 13.9 Å². The molecule has 1 saturated heterocycles. The van der Waals surface area contributed by atoms with Gasteiger partial charge in [0.1, 0.15) is 18.3 Å². The molecule has 3 fully saturated rings. The fourth-order valence-electron chi connectivity index (χ4n) is 9.14. The lowest BCUT2D eigenvalue weighted by atomic mass is 9.50. The number of aliphatic hydroxyl groups excluding tert-OH is 3. The minimum Gasteiger partial charge on any atom is -0.457 e. The van der Waals surface area contributed by atoms with Crippen molar-refractivity contribution in [1.29, 1.82) is 0 Å². The van der Waals surface area contributed by atoms with Crippen molar-refractivity contribution in [3.05, 3.63) is 59.2 Å². The van der Waals surface area contributed by atoms with Crippen molar-refractivity contribution in [3.8, 4) is 0 Å². The molecule has 0 radical (unpaired) electrons. The molecule has 10 heteroatoms. The number of ether oxygens (including phenoxy) is 3. The first kappa shape index (κ1) is 34.0. The maximum Gasteiger partial charge on any atom is 0.338 e. The van der Waals surface area contributed by atoms with Crippen LogP contribution in [-0.4, -0.2) is 84.4 Å². The molecule has 45 heavy (non-hydrogen) atoms. The van der Waals surface area contributed by atoms with Gasteiger partial charge in [0, 0.05) is 18.8 Å². The third kappa shape index (κ3) is 4.90. The van der Waals surface area contributed by atoms with Gasteiger partial charge in [-0.3, -0.25) is 4.79 Å². The quantitative estimate of drug-likeness (QED) is 0.199. The molecule has 1 aromatic rings. The van der Waals surface area contributed by atoms with Crippen molar-refractivity contribution in [2.45, 2.75) is 122 Å². The van der Waals surface area contributed by atoms with Crippen LogP contribution in [0.15, 0.2) is 53.6 Å². The third-order valence-corrected chi connectivity index (χ3v) is 16.6. The smallest absolute Gasteiger partial charge is 0.338 e. The van der Waals surface area contributed by atoms with Crippen LogP contribution < -0.4 is 0 Å². The monoisotopic (exact) mass is 642 g/mol. The van der Waals surface area contributed by atoms with Gasteiger partial charge in [-0.15, -0.1) is 0 Å². The average molecular weight is 643 g/mol. The van der Waals surface area contributed by atoms with Crippen molar-refractivity contribution in [2.75, 3.05) is 6.61 Å². The molecule has 10 atom stereocenters. The molecule has 1 aliphatic heterocycles. The molecule has 0 unspecified atom stereocenters. The van der Waals surface area contributed by atoms with E-state index < -0.39 is 79.2 Å². The highest BCUT2D eigenvalue weighted by atomic mass is 28.4.